The Morgan fingerprint density at radius 2 is 1.95 bits per heavy atom. The molecule has 1 aromatic rings. The van der Waals surface area contributed by atoms with Gasteiger partial charge in [-0.1, -0.05) is 22.9 Å². The van der Waals surface area contributed by atoms with Crippen molar-refractivity contribution in [2.75, 3.05) is 14.1 Å². The van der Waals surface area contributed by atoms with E-state index < -0.39 is 11.4 Å². The van der Waals surface area contributed by atoms with E-state index in [2.05, 4.69) is 22.9 Å². The molecule has 0 amide bonds. The number of halogens is 2. The third-order valence-electron chi connectivity index (χ3n) is 4.55. The second-order valence-corrected chi connectivity index (χ2v) is 6.98. The van der Waals surface area contributed by atoms with E-state index in [-0.39, 0.29) is 11.3 Å². The van der Waals surface area contributed by atoms with Gasteiger partial charge in [-0.2, -0.15) is 0 Å². The van der Waals surface area contributed by atoms with Crippen LogP contribution in [0.1, 0.15) is 43.0 Å². The van der Waals surface area contributed by atoms with Gasteiger partial charge in [0.2, 0.25) is 0 Å². The highest BCUT2D eigenvalue weighted by Crippen LogP contribution is 2.38. The lowest BCUT2D eigenvalue weighted by Crippen LogP contribution is -2.53. The standard InChI is InChI=1S/C16H21BrFNO/c1-11-6-8-16(9-7-11,19(2)3)15(20)13-10-12(17)4-5-14(13)18/h4-5,10-11H,6-9H2,1-3H3. The van der Waals surface area contributed by atoms with Gasteiger partial charge in [0, 0.05) is 4.47 Å². The second-order valence-electron chi connectivity index (χ2n) is 6.06. The molecule has 1 aliphatic rings. The number of Topliss-reactive ketones (excluding diaryl/α,β-unsaturated/α-hetero) is 1. The Labute approximate surface area is 128 Å². The fraction of sp³-hybridized carbons (Fsp3) is 0.562. The van der Waals surface area contributed by atoms with E-state index >= 15 is 0 Å². The number of benzene rings is 1. The van der Waals surface area contributed by atoms with Gasteiger partial charge in [-0.15, -0.1) is 0 Å². The first kappa shape index (κ1) is 15.6. The van der Waals surface area contributed by atoms with Gasteiger partial charge >= 0.3 is 0 Å². The first-order chi connectivity index (χ1) is 9.36. The van der Waals surface area contributed by atoms with E-state index in [1.165, 1.54) is 6.07 Å². The van der Waals surface area contributed by atoms with Crippen LogP contribution in [0.2, 0.25) is 0 Å². The Morgan fingerprint density at radius 3 is 2.50 bits per heavy atom. The molecule has 20 heavy (non-hydrogen) atoms. The molecule has 0 aromatic heterocycles. The van der Waals surface area contributed by atoms with Gasteiger partial charge in [-0.3, -0.25) is 9.69 Å². The minimum Gasteiger partial charge on any atom is -0.297 e. The summed E-state index contributed by atoms with van der Waals surface area (Å²) in [7, 11) is 3.84. The summed E-state index contributed by atoms with van der Waals surface area (Å²) < 4.78 is 14.8. The van der Waals surface area contributed by atoms with Crippen LogP contribution in [0.25, 0.3) is 0 Å². The van der Waals surface area contributed by atoms with E-state index in [1.54, 1.807) is 12.1 Å². The molecule has 110 valence electrons. The Hall–Kier alpha value is -0.740. The topological polar surface area (TPSA) is 20.3 Å². The summed E-state index contributed by atoms with van der Waals surface area (Å²) in [5.41, 5.74) is -0.364. The van der Waals surface area contributed by atoms with Crippen molar-refractivity contribution in [1.29, 1.82) is 0 Å². The van der Waals surface area contributed by atoms with Crippen molar-refractivity contribution in [2.24, 2.45) is 5.92 Å². The number of nitrogens with zero attached hydrogens (tertiary/aromatic N) is 1. The van der Waals surface area contributed by atoms with Crippen LogP contribution in [0.5, 0.6) is 0 Å². The van der Waals surface area contributed by atoms with Crippen LogP contribution in [-0.2, 0) is 0 Å². The Balaban J connectivity index is 2.39. The number of hydrogen-bond acceptors (Lipinski definition) is 2. The Bertz CT molecular complexity index is 507. The highest BCUT2D eigenvalue weighted by atomic mass is 79.9. The third-order valence-corrected chi connectivity index (χ3v) is 5.05. The normalized spacial score (nSPS) is 26.8. The summed E-state index contributed by atoms with van der Waals surface area (Å²) in [5, 5.41) is 0. The van der Waals surface area contributed by atoms with E-state index in [1.807, 2.05) is 19.0 Å². The number of ketones is 1. The highest BCUT2D eigenvalue weighted by Gasteiger charge is 2.43. The fourth-order valence-electron chi connectivity index (χ4n) is 3.04. The smallest absolute Gasteiger partial charge is 0.186 e. The highest BCUT2D eigenvalue weighted by molar-refractivity contribution is 9.10. The molecular formula is C16H21BrFNO. The van der Waals surface area contributed by atoms with Crippen molar-refractivity contribution in [1.82, 2.24) is 4.90 Å². The summed E-state index contributed by atoms with van der Waals surface area (Å²) >= 11 is 3.32. The molecule has 0 unspecified atom stereocenters. The van der Waals surface area contributed by atoms with Gasteiger partial charge in [0.15, 0.2) is 5.78 Å². The molecule has 0 aliphatic heterocycles. The van der Waals surface area contributed by atoms with Crippen LogP contribution < -0.4 is 0 Å². The predicted molar refractivity (Wildman–Crippen MR) is 82.5 cm³/mol. The van der Waals surface area contributed by atoms with Crippen LogP contribution >= 0.6 is 15.9 Å². The second kappa shape index (κ2) is 5.94. The lowest BCUT2D eigenvalue weighted by Gasteiger charge is -2.43. The molecule has 1 aliphatic carbocycles. The first-order valence-corrected chi connectivity index (χ1v) is 7.83. The zero-order valence-corrected chi connectivity index (χ0v) is 13.8. The first-order valence-electron chi connectivity index (χ1n) is 7.04. The zero-order chi connectivity index (χ0) is 14.9. The molecule has 0 atom stereocenters. The van der Waals surface area contributed by atoms with E-state index in [4.69, 9.17) is 0 Å². The van der Waals surface area contributed by atoms with E-state index in [0.717, 1.165) is 30.2 Å². The lowest BCUT2D eigenvalue weighted by atomic mass is 9.72. The molecule has 1 saturated carbocycles. The molecule has 0 spiro atoms. The SMILES string of the molecule is CC1CCC(C(=O)c2cc(Br)ccc2F)(N(C)C)CC1. The van der Waals surface area contributed by atoms with Crippen LogP contribution in [0.4, 0.5) is 4.39 Å². The zero-order valence-electron chi connectivity index (χ0n) is 12.2. The van der Waals surface area contributed by atoms with Crippen LogP contribution in [0, 0.1) is 11.7 Å². The molecule has 2 rings (SSSR count). The van der Waals surface area contributed by atoms with Crippen LogP contribution in [0.15, 0.2) is 22.7 Å². The third kappa shape index (κ3) is 2.82. The number of carbonyl (C=O) groups is 1. The van der Waals surface area contributed by atoms with Crippen LogP contribution in [-0.4, -0.2) is 30.3 Å². The summed E-state index contributed by atoms with van der Waals surface area (Å²) in [5.74, 6) is 0.120. The summed E-state index contributed by atoms with van der Waals surface area (Å²) in [6.07, 6.45) is 3.62. The van der Waals surface area contributed by atoms with Crippen molar-refractivity contribution in [2.45, 2.75) is 38.1 Å². The molecule has 0 N–H and O–H groups in total. The molecule has 4 heteroatoms. The van der Waals surface area contributed by atoms with Crippen molar-refractivity contribution in [3.05, 3.63) is 34.1 Å². The molecule has 0 saturated heterocycles. The maximum Gasteiger partial charge on any atom is 0.186 e. The average Bonchev–Trinajstić information content (AvgIpc) is 2.41. The van der Waals surface area contributed by atoms with Gasteiger partial charge in [-0.25, -0.2) is 4.39 Å². The lowest BCUT2D eigenvalue weighted by molar-refractivity contribution is 0.0509. The number of carbonyl (C=O) groups excluding carboxylic acids is 1. The van der Waals surface area contributed by atoms with Gasteiger partial charge in [0.1, 0.15) is 5.82 Å². The molecule has 1 fully saturated rings. The molecule has 2 nitrogen and oxygen atoms in total. The van der Waals surface area contributed by atoms with Crippen LogP contribution in [0.3, 0.4) is 0 Å². The largest absolute Gasteiger partial charge is 0.297 e. The van der Waals surface area contributed by atoms with Gasteiger partial charge < -0.3 is 0 Å². The molecule has 0 heterocycles. The van der Waals surface area contributed by atoms with Gasteiger partial charge in [0.05, 0.1) is 11.1 Å². The fourth-order valence-corrected chi connectivity index (χ4v) is 3.40. The number of likely N-dealkylation sites (N-methyl/N-ethyl adjacent to an activating group) is 1. The predicted octanol–water partition coefficient (Wildman–Crippen LogP) is 4.28. The monoisotopic (exact) mass is 341 g/mol. The van der Waals surface area contributed by atoms with Crippen molar-refractivity contribution in [3.63, 3.8) is 0 Å². The minimum atomic E-state index is -0.561. The summed E-state index contributed by atoms with van der Waals surface area (Å²) in [6.45, 7) is 2.21. The summed E-state index contributed by atoms with van der Waals surface area (Å²) in [4.78, 5) is 14.9. The van der Waals surface area contributed by atoms with E-state index in [0.29, 0.717) is 5.92 Å². The summed E-state index contributed by atoms with van der Waals surface area (Å²) in [6, 6.07) is 4.57. The Kier molecular flexibility index (Phi) is 4.65. The molecule has 0 bridgehead atoms. The van der Waals surface area contributed by atoms with E-state index in [9.17, 15) is 9.18 Å². The molecular weight excluding hydrogens is 321 g/mol. The van der Waals surface area contributed by atoms with Crippen molar-refractivity contribution >= 4 is 21.7 Å². The maximum absolute atomic E-state index is 14.0. The number of hydrogen-bond donors (Lipinski definition) is 0. The molecule has 1 aromatic carbocycles. The quantitative estimate of drug-likeness (QED) is 0.764. The van der Waals surface area contributed by atoms with Crippen molar-refractivity contribution < 1.29 is 9.18 Å². The average molecular weight is 342 g/mol. The van der Waals surface area contributed by atoms with Gasteiger partial charge in [-0.05, 0) is 63.9 Å². The van der Waals surface area contributed by atoms with Crippen molar-refractivity contribution in [3.8, 4) is 0 Å². The van der Waals surface area contributed by atoms with Gasteiger partial charge in [0.25, 0.3) is 0 Å². The minimum absolute atomic E-state index is 0.0896. The molecule has 0 radical (unpaired) electrons. The maximum atomic E-state index is 14.0. The number of rotatable bonds is 3. The Morgan fingerprint density at radius 1 is 1.35 bits per heavy atom.